The van der Waals surface area contributed by atoms with Gasteiger partial charge in [0.05, 0.1) is 22.6 Å². The molecule has 0 saturated heterocycles. The van der Waals surface area contributed by atoms with Crippen LogP contribution in [0.3, 0.4) is 0 Å². The summed E-state index contributed by atoms with van der Waals surface area (Å²) in [5.74, 6) is 0. The Kier molecular flexibility index (Phi) is 6.81. The minimum absolute atomic E-state index is 0.372. The zero-order chi connectivity index (χ0) is 13.5. The molecule has 1 fully saturated rings. The van der Waals surface area contributed by atoms with Gasteiger partial charge in [-0.2, -0.15) is 0 Å². The van der Waals surface area contributed by atoms with E-state index in [9.17, 15) is 5.11 Å². The normalized spacial score (nSPS) is 18.6. The molecule has 1 aromatic rings. The second-order valence-corrected chi connectivity index (χ2v) is 7.63. The quantitative estimate of drug-likeness (QED) is 0.794. The first-order valence-electron chi connectivity index (χ1n) is 6.98. The second kappa shape index (κ2) is 8.37. The average molecular weight is 348 g/mol. The molecule has 0 bridgehead atoms. The number of halogens is 1. The van der Waals surface area contributed by atoms with Crippen LogP contribution in [0.5, 0.6) is 0 Å². The third-order valence-corrected chi connectivity index (χ3v) is 5.01. The number of hydrogen-bond donors (Lipinski definition) is 2. The Morgan fingerprint density at radius 3 is 2.84 bits per heavy atom. The van der Waals surface area contributed by atoms with Gasteiger partial charge in [-0.25, -0.2) is 0 Å². The van der Waals surface area contributed by atoms with E-state index in [4.69, 9.17) is 4.74 Å². The van der Waals surface area contributed by atoms with Crippen molar-refractivity contribution in [3.8, 4) is 0 Å². The van der Waals surface area contributed by atoms with Crippen LogP contribution in [0.2, 0.25) is 0 Å². The lowest BCUT2D eigenvalue weighted by Gasteiger charge is -2.23. The summed E-state index contributed by atoms with van der Waals surface area (Å²) in [7, 11) is 0. The highest BCUT2D eigenvalue weighted by atomic mass is 79.9. The van der Waals surface area contributed by atoms with Crippen LogP contribution >= 0.6 is 27.3 Å². The van der Waals surface area contributed by atoms with Crippen molar-refractivity contribution in [2.45, 2.75) is 50.9 Å². The molecule has 2 N–H and O–H groups in total. The molecule has 1 aliphatic carbocycles. The summed E-state index contributed by atoms with van der Waals surface area (Å²) in [6.45, 7) is 1.84. The molecule has 0 amide bonds. The highest BCUT2D eigenvalue weighted by Gasteiger charge is 2.15. The van der Waals surface area contributed by atoms with Gasteiger partial charge in [0.1, 0.15) is 0 Å². The standard InChI is InChI=1S/C14H22BrNO2S/c15-14-7-6-13(19-14)9-16-8-11(17)10-18-12-4-2-1-3-5-12/h6-7,11-12,16-17H,1-5,8-10H2. The van der Waals surface area contributed by atoms with Crippen LogP contribution in [-0.4, -0.2) is 30.5 Å². The highest BCUT2D eigenvalue weighted by Crippen LogP contribution is 2.22. The molecule has 0 radical (unpaired) electrons. The molecule has 19 heavy (non-hydrogen) atoms. The number of rotatable bonds is 7. The smallest absolute Gasteiger partial charge is 0.0897 e. The van der Waals surface area contributed by atoms with E-state index in [0.717, 1.165) is 23.2 Å². The third kappa shape index (κ3) is 5.92. The van der Waals surface area contributed by atoms with Crippen LogP contribution in [0.15, 0.2) is 15.9 Å². The van der Waals surface area contributed by atoms with E-state index in [0.29, 0.717) is 19.3 Å². The van der Waals surface area contributed by atoms with Crippen molar-refractivity contribution in [3.63, 3.8) is 0 Å². The van der Waals surface area contributed by atoms with Crippen molar-refractivity contribution in [1.82, 2.24) is 5.32 Å². The predicted octanol–water partition coefficient (Wildman–Crippen LogP) is 3.31. The van der Waals surface area contributed by atoms with Gasteiger partial charge >= 0.3 is 0 Å². The zero-order valence-corrected chi connectivity index (χ0v) is 13.5. The molecular formula is C14H22BrNO2S. The van der Waals surface area contributed by atoms with Gasteiger partial charge in [-0.15, -0.1) is 11.3 Å². The van der Waals surface area contributed by atoms with Gasteiger partial charge in [-0.05, 0) is 40.9 Å². The second-order valence-electron chi connectivity index (χ2n) is 5.08. The summed E-state index contributed by atoms with van der Waals surface area (Å²) in [4.78, 5) is 1.27. The fraction of sp³-hybridized carbons (Fsp3) is 0.714. The molecule has 3 nitrogen and oxygen atoms in total. The van der Waals surface area contributed by atoms with Crippen molar-refractivity contribution in [2.24, 2.45) is 0 Å². The Hall–Kier alpha value is 0.0600. The lowest BCUT2D eigenvalue weighted by Crippen LogP contribution is -2.32. The minimum atomic E-state index is -0.412. The number of aliphatic hydroxyl groups is 1. The predicted molar refractivity (Wildman–Crippen MR) is 82.6 cm³/mol. The lowest BCUT2D eigenvalue weighted by molar-refractivity contribution is -0.0230. The number of ether oxygens (including phenoxy) is 1. The van der Waals surface area contributed by atoms with Crippen molar-refractivity contribution in [1.29, 1.82) is 0 Å². The van der Waals surface area contributed by atoms with Crippen LogP contribution in [0.25, 0.3) is 0 Å². The first-order chi connectivity index (χ1) is 9.24. The van der Waals surface area contributed by atoms with E-state index in [1.54, 1.807) is 11.3 Å². The van der Waals surface area contributed by atoms with E-state index >= 15 is 0 Å². The molecule has 1 aliphatic rings. The summed E-state index contributed by atoms with van der Waals surface area (Å²) in [6.07, 6.45) is 6.15. The van der Waals surface area contributed by atoms with Crippen LogP contribution in [0.1, 0.15) is 37.0 Å². The monoisotopic (exact) mass is 347 g/mol. The Labute approximate surface area is 127 Å². The molecular weight excluding hydrogens is 326 g/mol. The SMILES string of the molecule is OC(CNCc1ccc(Br)s1)COC1CCCCC1. The Morgan fingerprint density at radius 2 is 2.16 bits per heavy atom. The van der Waals surface area contributed by atoms with E-state index in [-0.39, 0.29) is 0 Å². The van der Waals surface area contributed by atoms with Crippen LogP contribution in [-0.2, 0) is 11.3 Å². The summed E-state index contributed by atoms with van der Waals surface area (Å²) in [6, 6.07) is 4.14. The van der Waals surface area contributed by atoms with Crippen LogP contribution in [0, 0.1) is 0 Å². The molecule has 1 atom stereocenters. The van der Waals surface area contributed by atoms with Crippen molar-refractivity contribution in [3.05, 3.63) is 20.8 Å². The van der Waals surface area contributed by atoms with Gasteiger partial charge in [0, 0.05) is 18.0 Å². The van der Waals surface area contributed by atoms with Crippen molar-refractivity contribution >= 4 is 27.3 Å². The van der Waals surface area contributed by atoms with E-state index in [1.807, 2.05) is 6.07 Å². The van der Waals surface area contributed by atoms with Crippen molar-refractivity contribution in [2.75, 3.05) is 13.2 Å². The molecule has 0 aromatic carbocycles. The van der Waals surface area contributed by atoms with Crippen LogP contribution < -0.4 is 5.32 Å². The summed E-state index contributed by atoms with van der Waals surface area (Å²) in [5, 5.41) is 13.1. The molecule has 5 heteroatoms. The van der Waals surface area contributed by atoms with Gasteiger partial charge in [0.15, 0.2) is 0 Å². The molecule has 108 valence electrons. The summed E-state index contributed by atoms with van der Waals surface area (Å²) < 4.78 is 6.90. The Bertz CT molecular complexity index is 366. The summed E-state index contributed by atoms with van der Waals surface area (Å²) in [5.41, 5.74) is 0. The summed E-state index contributed by atoms with van der Waals surface area (Å²) >= 11 is 5.16. The first-order valence-corrected chi connectivity index (χ1v) is 8.59. The third-order valence-electron chi connectivity index (χ3n) is 3.38. The number of aliphatic hydroxyl groups excluding tert-OH is 1. The number of thiophene rings is 1. The van der Waals surface area contributed by atoms with E-state index in [2.05, 4.69) is 27.3 Å². The maximum absolute atomic E-state index is 9.87. The number of hydrogen-bond acceptors (Lipinski definition) is 4. The highest BCUT2D eigenvalue weighted by molar-refractivity contribution is 9.11. The lowest BCUT2D eigenvalue weighted by atomic mass is 9.98. The van der Waals surface area contributed by atoms with Gasteiger partial charge < -0.3 is 15.2 Å². The van der Waals surface area contributed by atoms with Crippen LogP contribution in [0.4, 0.5) is 0 Å². The minimum Gasteiger partial charge on any atom is -0.389 e. The van der Waals surface area contributed by atoms with E-state index in [1.165, 1.54) is 24.1 Å². The van der Waals surface area contributed by atoms with Gasteiger partial charge in [0.2, 0.25) is 0 Å². The fourth-order valence-corrected chi connectivity index (χ4v) is 3.80. The fourth-order valence-electron chi connectivity index (χ4n) is 2.35. The van der Waals surface area contributed by atoms with Crippen molar-refractivity contribution < 1.29 is 9.84 Å². The number of nitrogens with one attached hydrogen (secondary N) is 1. The first kappa shape index (κ1) is 15.4. The maximum Gasteiger partial charge on any atom is 0.0897 e. The molecule has 2 rings (SSSR count). The molecule has 1 aromatic heterocycles. The molecule has 0 spiro atoms. The zero-order valence-electron chi connectivity index (χ0n) is 11.1. The average Bonchev–Trinajstić information content (AvgIpc) is 2.83. The molecule has 1 saturated carbocycles. The largest absolute Gasteiger partial charge is 0.389 e. The van der Waals surface area contributed by atoms with Gasteiger partial charge in [-0.3, -0.25) is 0 Å². The van der Waals surface area contributed by atoms with Gasteiger partial charge in [-0.1, -0.05) is 19.3 Å². The van der Waals surface area contributed by atoms with Gasteiger partial charge in [0.25, 0.3) is 0 Å². The Morgan fingerprint density at radius 1 is 1.37 bits per heavy atom. The molecule has 1 heterocycles. The topological polar surface area (TPSA) is 41.5 Å². The molecule has 0 aliphatic heterocycles. The van der Waals surface area contributed by atoms with E-state index < -0.39 is 6.10 Å². The molecule has 1 unspecified atom stereocenters. The Balaban J connectivity index is 1.55. The maximum atomic E-state index is 9.87.